The highest BCUT2D eigenvalue weighted by Gasteiger charge is 2.08. The summed E-state index contributed by atoms with van der Waals surface area (Å²) >= 11 is 0. The number of nitrogens with two attached hydrogens (primary N) is 4. The van der Waals surface area contributed by atoms with Crippen LogP contribution in [0, 0.1) is 0 Å². The Bertz CT molecular complexity index is 976. The molecule has 2 aromatic rings. The molecule has 0 aliphatic heterocycles. The van der Waals surface area contributed by atoms with Crippen molar-refractivity contribution in [1.29, 1.82) is 0 Å². The van der Waals surface area contributed by atoms with Crippen LogP contribution in [0.15, 0.2) is 68.9 Å². The lowest BCUT2D eigenvalue weighted by atomic mass is 10.1. The number of nitrogens with zero attached hydrogens (tertiary/aromatic N) is 4. The highest BCUT2D eigenvalue weighted by molar-refractivity contribution is 6.03. The number of nitrogens with one attached hydrogen (secondary N) is 2. The molecular formula is C23H32N10O. The third-order valence-corrected chi connectivity index (χ3v) is 4.50. The summed E-state index contributed by atoms with van der Waals surface area (Å²) in [6.45, 7) is 4.08. The van der Waals surface area contributed by atoms with Gasteiger partial charge in [-0.1, -0.05) is 51.0 Å². The van der Waals surface area contributed by atoms with E-state index in [4.69, 9.17) is 22.9 Å². The molecule has 0 bridgehead atoms. The number of amides is 2. The van der Waals surface area contributed by atoms with Crippen LogP contribution in [0.4, 0.5) is 16.2 Å². The molecule has 2 aromatic carbocycles. The van der Waals surface area contributed by atoms with Gasteiger partial charge in [0, 0.05) is 11.4 Å². The number of benzene rings is 2. The molecule has 0 spiro atoms. The fraction of sp³-hybridized carbons (Fsp3) is 0.261. The summed E-state index contributed by atoms with van der Waals surface area (Å²) in [6, 6.07) is 14.2. The topological polar surface area (TPSA) is 195 Å². The number of carbonyl (C=O) groups excluding carboxylic acids is 1. The Hall–Kier alpha value is -4.41. The van der Waals surface area contributed by atoms with Gasteiger partial charge >= 0.3 is 6.03 Å². The highest BCUT2D eigenvalue weighted by atomic mass is 16.2. The van der Waals surface area contributed by atoms with Crippen LogP contribution in [0.25, 0.3) is 0 Å². The third kappa shape index (κ3) is 8.61. The summed E-state index contributed by atoms with van der Waals surface area (Å²) in [5.41, 5.74) is 26.0. The van der Waals surface area contributed by atoms with Gasteiger partial charge in [0.25, 0.3) is 0 Å². The Labute approximate surface area is 199 Å². The minimum Gasteiger partial charge on any atom is -0.369 e. The van der Waals surface area contributed by atoms with Crippen molar-refractivity contribution in [2.75, 3.05) is 10.6 Å². The van der Waals surface area contributed by atoms with E-state index in [0.29, 0.717) is 11.4 Å². The molecule has 0 saturated carbocycles. The van der Waals surface area contributed by atoms with Crippen molar-refractivity contribution in [3.05, 3.63) is 59.7 Å². The smallest absolute Gasteiger partial charge is 0.323 e. The van der Waals surface area contributed by atoms with E-state index in [0.717, 1.165) is 48.2 Å². The first-order valence-corrected chi connectivity index (χ1v) is 10.9. The molecule has 11 nitrogen and oxygen atoms in total. The van der Waals surface area contributed by atoms with Crippen LogP contribution in [0.2, 0.25) is 0 Å². The first kappa shape index (κ1) is 25.8. The number of guanidine groups is 2. The summed E-state index contributed by atoms with van der Waals surface area (Å²) in [4.78, 5) is 12.4. The van der Waals surface area contributed by atoms with Gasteiger partial charge in [0.2, 0.25) is 11.9 Å². The van der Waals surface area contributed by atoms with E-state index in [2.05, 4.69) is 31.0 Å². The quantitative estimate of drug-likeness (QED) is 0.178. The number of carbonyl (C=O) groups is 1. The van der Waals surface area contributed by atoms with Gasteiger partial charge in [0.1, 0.15) is 0 Å². The molecule has 0 fully saturated rings. The second-order valence-electron chi connectivity index (χ2n) is 7.38. The van der Waals surface area contributed by atoms with E-state index in [-0.39, 0.29) is 18.0 Å². The number of hydrogen-bond acceptors (Lipinski definition) is 5. The summed E-state index contributed by atoms with van der Waals surface area (Å²) < 4.78 is 0. The van der Waals surface area contributed by atoms with E-state index >= 15 is 0 Å². The average Bonchev–Trinajstić information content (AvgIpc) is 2.80. The van der Waals surface area contributed by atoms with Crippen LogP contribution in [0.1, 0.15) is 50.7 Å². The van der Waals surface area contributed by atoms with Crippen molar-refractivity contribution in [1.82, 2.24) is 0 Å². The van der Waals surface area contributed by atoms with Crippen molar-refractivity contribution in [3.63, 3.8) is 0 Å². The van der Waals surface area contributed by atoms with Gasteiger partial charge in [0.15, 0.2) is 0 Å². The normalized spacial score (nSPS) is 11.5. The largest absolute Gasteiger partial charge is 0.369 e. The Balaban J connectivity index is 2.04. The number of hydrogen-bond donors (Lipinski definition) is 6. The lowest BCUT2D eigenvalue weighted by molar-refractivity contribution is 0.262. The van der Waals surface area contributed by atoms with Crippen molar-refractivity contribution in [3.8, 4) is 0 Å². The van der Waals surface area contributed by atoms with Crippen molar-refractivity contribution >= 4 is 40.7 Å². The first-order chi connectivity index (χ1) is 16.3. The summed E-state index contributed by atoms with van der Waals surface area (Å²) in [6.07, 6.45) is 3.22. The first-order valence-electron chi connectivity index (χ1n) is 10.9. The van der Waals surface area contributed by atoms with Gasteiger partial charge < -0.3 is 33.6 Å². The molecule has 0 aromatic heterocycles. The van der Waals surface area contributed by atoms with Crippen LogP contribution < -0.4 is 33.6 Å². The molecule has 2 rings (SSSR count). The number of rotatable bonds is 10. The van der Waals surface area contributed by atoms with Gasteiger partial charge in [-0.05, 0) is 48.2 Å². The lowest BCUT2D eigenvalue weighted by Crippen LogP contribution is -2.22. The zero-order valence-corrected chi connectivity index (χ0v) is 19.5. The van der Waals surface area contributed by atoms with Crippen LogP contribution in [-0.4, -0.2) is 29.4 Å². The molecule has 0 saturated heterocycles. The van der Waals surface area contributed by atoms with Gasteiger partial charge in [-0.15, -0.1) is 10.2 Å². The molecule has 11 heteroatoms. The second kappa shape index (κ2) is 13.2. The van der Waals surface area contributed by atoms with Crippen LogP contribution in [-0.2, 0) is 0 Å². The summed E-state index contributed by atoms with van der Waals surface area (Å²) in [5, 5.41) is 21.3. The average molecular weight is 465 g/mol. The number of urea groups is 1. The molecular weight excluding hydrogens is 432 g/mol. The maximum atomic E-state index is 12.4. The van der Waals surface area contributed by atoms with Crippen LogP contribution in [0.5, 0.6) is 0 Å². The molecule has 10 N–H and O–H groups in total. The second-order valence-corrected chi connectivity index (χ2v) is 7.38. The van der Waals surface area contributed by atoms with Gasteiger partial charge in [-0.3, -0.25) is 0 Å². The number of anilines is 2. The minimum absolute atomic E-state index is 0.0979. The lowest BCUT2D eigenvalue weighted by Gasteiger charge is -2.10. The van der Waals surface area contributed by atoms with Crippen LogP contribution >= 0.6 is 0 Å². The molecule has 34 heavy (non-hydrogen) atoms. The molecule has 0 unspecified atom stereocenters. The highest BCUT2D eigenvalue weighted by Crippen LogP contribution is 2.16. The molecule has 0 aliphatic carbocycles. The zero-order chi connectivity index (χ0) is 24.9. The van der Waals surface area contributed by atoms with Gasteiger partial charge in [-0.25, -0.2) is 4.79 Å². The van der Waals surface area contributed by atoms with E-state index in [1.54, 1.807) is 24.3 Å². The Morgan fingerprint density at radius 2 is 1.00 bits per heavy atom. The van der Waals surface area contributed by atoms with E-state index < -0.39 is 0 Å². The molecule has 2 amide bonds. The maximum absolute atomic E-state index is 12.4. The van der Waals surface area contributed by atoms with E-state index in [1.165, 1.54) is 0 Å². The van der Waals surface area contributed by atoms with Crippen molar-refractivity contribution in [2.45, 2.75) is 39.5 Å². The SMILES string of the molecule is CCC/C(=N\N=C(N)N)c1ccc(NC(=O)Nc2ccc(/C(CCC)=N/N=C(N)N)cc2)cc1. The third-order valence-electron chi connectivity index (χ3n) is 4.50. The van der Waals surface area contributed by atoms with Crippen molar-refractivity contribution in [2.24, 2.45) is 43.3 Å². The van der Waals surface area contributed by atoms with Crippen LogP contribution in [0.3, 0.4) is 0 Å². The minimum atomic E-state index is -0.369. The molecule has 180 valence electrons. The predicted octanol–water partition coefficient (Wildman–Crippen LogP) is 2.89. The molecule has 0 atom stereocenters. The Morgan fingerprint density at radius 3 is 1.29 bits per heavy atom. The zero-order valence-electron chi connectivity index (χ0n) is 19.5. The summed E-state index contributed by atoms with van der Waals surface area (Å²) in [7, 11) is 0. The maximum Gasteiger partial charge on any atom is 0.323 e. The molecule has 0 heterocycles. The fourth-order valence-electron chi connectivity index (χ4n) is 3.00. The van der Waals surface area contributed by atoms with Crippen molar-refractivity contribution < 1.29 is 4.79 Å². The van der Waals surface area contributed by atoms with Gasteiger partial charge in [0.05, 0.1) is 11.4 Å². The fourth-order valence-corrected chi connectivity index (χ4v) is 3.00. The molecule has 0 aliphatic rings. The monoisotopic (exact) mass is 464 g/mol. The molecule has 0 radical (unpaired) electrons. The Morgan fingerprint density at radius 1 is 0.647 bits per heavy atom. The van der Waals surface area contributed by atoms with E-state index in [1.807, 2.05) is 38.1 Å². The summed E-state index contributed by atoms with van der Waals surface area (Å²) in [5.74, 6) is -0.196. The van der Waals surface area contributed by atoms with Gasteiger partial charge in [-0.2, -0.15) is 10.2 Å². The standard InChI is InChI=1S/C23H32N10O/c1-3-5-19(30-32-21(24)25)15-7-11-17(12-8-15)28-23(34)29-18-13-9-16(10-14-18)20(6-4-2)31-33-22(26)27/h7-14H,3-6H2,1-2H3,(H4,24,25,32)(H4,26,27,33)(H2,28,29,34)/b30-19+,31-20+. The van der Waals surface area contributed by atoms with E-state index in [9.17, 15) is 4.79 Å². The predicted molar refractivity (Wildman–Crippen MR) is 140 cm³/mol. The Kier molecular flexibility index (Phi) is 10.0.